The van der Waals surface area contributed by atoms with Crippen LogP contribution in [0.1, 0.15) is 31.0 Å². The molecule has 0 radical (unpaired) electrons. The minimum Gasteiger partial charge on any atom is -0.298 e. The highest BCUT2D eigenvalue weighted by atomic mass is 79.9. The zero-order valence-electron chi connectivity index (χ0n) is 16.8. The van der Waals surface area contributed by atoms with Crippen LogP contribution in [-0.2, 0) is 13.1 Å². The summed E-state index contributed by atoms with van der Waals surface area (Å²) in [5.74, 6) is 0. The van der Waals surface area contributed by atoms with Crippen molar-refractivity contribution in [2.45, 2.75) is 44.9 Å². The van der Waals surface area contributed by atoms with Gasteiger partial charge in [0, 0.05) is 68.6 Å². The van der Waals surface area contributed by atoms with Gasteiger partial charge in [-0.25, -0.2) is 0 Å². The van der Waals surface area contributed by atoms with Gasteiger partial charge in [-0.1, -0.05) is 30.3 Å². The van der Waals surface area contributed by atoms with E-state index in [0.29, 0.717) is 6.04 Å². The number of nitrogens with zero attached hydrogens (tertiary/aromatic N) is 4. The second kappa shape index (κ2) is 9.49. The fourth-order valence-corrected chi connectivity index (χ4v) is 4.83. The first kappa shape index (κ1) is 20.0. The van der Waals surface area contributed by atoms with Crippen molar-refractivity contribution in [2.24, 2.45) is 0 Å². The molecule has 2 aliphatic heterocycles. The number of likely N-dealkylation sites (tertiary alicyclic amines) is 1. The van der Waals surface area contributed by atoms with E-state index in [4.69, 9.17) is 0 Å². The summed E-state index contributed by atoms with van der Waals surface area (Å²) in [7, 11) is 0. The van der Waals surface area contributed by atoms with Crippen molar-refractivity contribution < 1.29 is 0 Å². The largest absolute Gasteiger partial charge is 0.298 e. The van der Waals surface area contributed by atoms with Crippen molar-refractivity contribution >= 4 is 15.9 Å². The fourth-order valence-electron chi connectivity index (χ4n) is 4.60. The molecule has 0 N–H and O–H groups in total. The maximum atomic E-state index is 4.53. The molecule has 0 aliphatic carbocycles. The molecule has 150 valence electrons. The molecule has 2 saturated heterocycles. The van der Waals surface area contributed by atoms with Gasteiger partial charge in [-0.2, -0.15) is 0 Å². The number of piperazine rings is 1. The third kappa shape index (κ3) is 5.20. The van der Waals surface area contributed by atoms with Crippen molar-refractivity contribution in [2.75, 3.05) is 32.7 Å². The monoisotopic (exact) mass is 442 g/mol. The Labute approximate surface area is 177 Å². The smallest absolute Gasteiger partial charge is 0.0544 e. The van der Waals surface area contributed by atoms with E-state index >= 15 is 0 Å². The Morgan fingerprint density at radius 3 is 2.43 bits per heavy atom. The average molecular weight is 443 g/mol. The Bertz CT molecular complexity index is 728. The highest BCUT2D eigenvalue weighted by molar-refractivity contribution is 9.10. The molecule has 0 unspecified atom stereocenters. The van der Waals surface area contributed by atoms with Gasteiger partial charge in [-0.3, -0.25) is 19.7 Å². The average Bonchev–Trinajstić information content (AvgIpc) is 2.73. The molecule has 1 aromatic carbocycles. The van der Waals surface area contributed by atoms with E-state index in [2.05, 4.69) is 85.0 Å². The van der Waals surface area contributed by atoms with Gasteiger partial charge in [0.25, 0.3) is 0 Å². The van der Waals surface area contributed by atoms with Gasteiger partial charge in [0.05, 0.1) is 5.69 Å². The maximum Gasteiger partial charge on any atom is 0.0544 e. The third-order valence-corrected chi connectivity index (χ3v) is 6.78. The predicted molar refractivity (Wildman–Crippen MR) is 118 cm³/mol. The molecule has 4 rings (SSSR count). The van der Waals surface area contributed by atoms with Gasteiger partial charge in [0.15, 0.2) is 0 Å². The summed E-state index contributed by atoms with van der Waals surface area (Å²) < 4.78 is 1.05. The number of halogens is 1. The molecule has 28 heavy (non-hydrogen) atoms. The quantitative estimate of drug-likeness (QED) is 0.697. The first-order valence-electron chi connectivity index (χ1n) is 10.5. The van der Waals surface area contributed by atoms with Crippen LogP contribution in [0.3, 0.4) is 0 Å². The van der Waals surface area contributed by atoms with Crippen LogP contribution in [0.15, 0.2) is 53.1 Å². The maximum absolute atomic E-state index is 4.53. The van der Waals surface area contributed by atoms with Crippen LogP contribution in [0.4, 0.5) is 0 Å². The fraction of sp³-hybridized carbons (Fsp3) is 0.522. The molecule has 3 heterocycles. The normalized spacial score (nSPS) is 25.1. The molecule has 2 aromatic rings. The molecule has 1 aromatic heterocycles. The van der Waals surface area contributed by atoms with Crippen LogP contribution in [-0.4, -0.2) is 64.5 Å². The summed E-state index contributed by atoms with van der Waals surface area (Å²) in [6.07, 6.45) is 4.49. The number of hydrogen-bond acceptors (Lipinski definition) is 4. The van der Waals surface area contributed by atoms with E-state index < -0.39 is 0 Å². The van der Waals surface area contributed by atoms with Crippen molar-refractivity contribution in [1.82, 2.24) is 19.7 Å². The summed E-state index contributed by atoms with van der Waals surface area (Å²) in [6.45, 7) is 10.3. The topological polar surface area (TPSA) is 22.6 Å². The molecule has 2 fully saturated rings. The summed E-state index contributed by atoms with van der Waals surface area (Å²) >= 11 is 3.46. The Hall–Kier alpha value is -1.27. The molecule has 0 amide bonds. The molecular weight excluding hydrogens is 412 g/mol. The van der Waals surface area contributed by atoms with Crippen LogP contribution in [0.25, 0.3) is 0 Å². The molecule has 0 spiro atoms. The number of pyridine rings is 1. The van der Waals surface area contributed by atoms with Gasteiger partial charge in [0.1, 0.15) is 0 Å². The summed E-state index contributed by atoms with van der Waals surface area (Å²) in [5, 5.41) is 0. The highest BCUT2D eigenvalue weighted by Gasteiger charge is 2.31. The van der Waals surface area contributed by atoms with Gasteiger partial charge in [-0.15, -0.1) is 0 Å². The second-order valence-electron chi connectivity index (χ2n) is 8.26. The van der Waals surface area contributed by atoms with E-state index in [1.54, 1.807) is 0 Å². The van der Waals surface area contributed by atoms with E-state index in [1.165, 1.54) is 43.7 Å². The first-order chi connectivity index (χ1) is 13.7. The van der Waals surface area contributed by atoms with E-state index in [1.807, 2.05) is 6.20 Å². The van der Waals surface area contributed by atoms with Gasteiger partial charge in [0.2, 0.25) is 0 Å². The molecular formula is C23H31BrN4. The number of piperidine rings is 1. The Morgan fingerprint density at radius 2 is 1.75 bits per heavy atom. The van der Waals surface area contributed by atoms with Crippen LogP contribution in [0.5, 0.6) is 0 Å². The van der Waals surface area contributed by atoms with Crippen LogP contribution in [0.2, 0.25) is 0 Å². The molecule has 0 bridgehead atoms. The van der Waals surface area contributed by atoms with Crippen molar-refractivity contribution in [3.05, 3.63) is 64.4 Å². The first-order valence-corrected chi connectivity index (χ1v) is 11.3. The standard InChI is InChI=1S/C23H31BrN4/c1-19-15-23(9-10-28(19)17-20-5-3-2-4-6-20)27-13-11-26(12-14-27)18-22-8-7-21(24)16-25-22/h2-8,16,19,23H,9-15,17-18H2,1H3/t19-,23-/m0/s1. The van der Waals surface area contributed by atoms with Crippen molar-refractivity contribution in [1.29, 1.82) is 0 Å². The Kier molecular flexibility index (Phi) is 6.78. The third-order valence-electron chi connectivity index (χ3n) is 6.31. The van der Waals surface area contributed by atoms with Crippen LogP contribution >= 0.6 is 15.9 Å². The molecule has 2 aliphatic rings. The van der Waals surface area contributed by atoms with E-state index in [0.717, 1.165) is 36.7 Å². The van der Waals surface area contributed by atoms with Crippen LogP contribution < -0.4 is 0 Å². The lowest BCUT2D eigenvalue weighted by molar-refractivity contribution is 0.0341. The highest BCUT2D eigenvalue weighted by Crippen LogP contribution is 2.24. The van der Waals surface area contributed by atoms with Crippen LogP contribution in [0, 0.1) is 0 Å². The Morgan fingerprint density at radius 1 is 0.964 bits per heavy atom. The zero-order chi connectivity index (χ0) is 19.3. The number of benzene rings is 1. The lowest BCUT2D eigenvalue weighted by Gasteiger charge is -2.45. The molecule has 0 saturated carbocycles. The predicted octanol–water partition coefficient (Wildman–Crippen LogP) is 4.01. The minimum atomic E-state index is 0.656. The van der Waals surface area contributed by atoms with E-state index in [9.17, 15) is 0 Å². The lowest BCUT2D eigenvalue weighted by atomic mass is 9.95. The molecule has 5 heteroatoms. The van der Waals surface area contributed by atoms with Gasteiger partial charge >= 0.3 is 0 Å². The zero-order valence-corrected chi connectivity index (χ0v) is 18.4. The summed E-state index contributed by atoms with van der Waals surface area (Å²) in [5.41, 5.74) is 2.60. The van der Waals surface area contributed by atoms with Gasteiger partial charge in [-0.05, 0) is 53.4 Å². The molecule has 2 atom stereocenters. The SMILES string of the molecule is C[C@H]1C[C@@H](N2CCN(Cc3ccc(Br)cn3)CC2)CCN1Cc1ccccc1. The van der Waals surface area contributed by atoms with Crippen molar-refractivity contribution in [3.63, 3.8) is 0 Å². The number of aromatic nitrogens is 1. The molecule has 4 nitrogen and oxygen atoms in total. The lowest BCUT2D eigenvalue weighted by Crippen LogP contribution is -2.54. The van der Waals surface area contributed by atoms with Crippen molar-refractivity contribution in [3.8, 4) is 0 Å². The summed E-state index contributed by atoms with van der Waals surface area (Å²) in [4.78, 5) is 12.5. The summed E-state index contributed by atoms with van der Waals surface area (Å²) in [6, 6.07) is 16.5. The second-order valence-corrected chi connectivity index (χ2v) is 9.18. The van der Waals surface area contributed by atoms with E-state index in [-0.39, 0.29) is 0 Å². The number of hydrogen-bond donors (Lipinski definition) is 0. The minimum absolute atomic E-state index is 0.656. The number of rotatable bonds is 5. The Balaban J connectivity index is 1.23. The van der Waals surface area contributed by atoms with Gasteiger partial charge < -0.3 is 0 Å².